The summed E-state index contributed by atoms with van der Waals surface area (Å²) in [5.41, 5.74) is -0.730. The minimum atomic E-state index is -0.870. The highest BCUT2D eigenvalue weighted by Crippen LogP contribution is 2.27. The van der Waals surface area contributed by atoms with Gasteiger partial charge in [-0.05, 0) is 0 Å². The van der Waals surface area contributed by atoms with Crippen molar-refractivity contribution in [3.8, 4) is 0 Å². The highest BCUT2D eigenvalue weighted by molar-refractivity contribution is 6.19. The molecule has 20 heavy (non-hydrogen) atoms. The van der Waals surface area contributed by atoms with Crippen molar-refractivity contribution in [2.24, 2.45) is 0 Å². The van der Waals surface area contributed by atoms with Crippen LogP contribution in [0.1, 0.15) is 27.2 Å². The molecular formula is C12H17ClO7. The maximum Gasteiger partial charge on any atom is 0.303 e. The van der Waals surface area contributed by atoms with Crippen molar-refractivity contribution >= 4 is 29.5 Å². The maximum atomic E-state index is 11.1. The highest BCUT2D eigenvalue weighted by Gasteiger charge is 2.43. The predicted molar refractivity (Wildman–Crippen MR) is 66.9 cm³/mol. The van der Waals surface area contributed by atoms with Crippen molar-refractivity contribution < 1.29 is 33.3 Å². The Labute approximate surface area is 121 Å². The van der Waals surface area contributed by atoms with Gasteiger partial charge < -0.3 is 18.9 Å². The summed E-state index contributed by atoms with van der Waals surface area (Å²) in [6.45, 7) is 3.56. The molecule has 8 heteroatoms. The number of halogens is 1. The molecule has 0 N–H and O–H groups in total. The zero-order chi connectivity index (χ0) is 15.3. The monoisotopic (exact) mass is 308 g/mol. The number of rotatable bonds is 4. The molecule has 0 aromatic carbocycles. The number of alkyl halides is 1. The molecule has 1 aliphatic rings. The van der Waals surface area contributed by atoms with Gasteiger partial charge in [0.15, 0.2) is 6.10 Å². The number of carbonyl (C=O) groups is 3. The Kier molecular flexibility index (Phi) is 6.22. The summed E-state index contributed by atoms with van der Waals surface area (Å²) in [6.07, 6.45) is -2.22. The SMILES string of the molecule is CC(=O)OC[C@H]1O[C@H](Cl)C[C@@H](OC(C)=O)[C@@H]1OC(C)=O. The normalized spacial score (nSPS) is 29.4. The second-order valence-electron chi connectivity index (χ2n) is 4.34. The number of hydrogen-bond donors (Lipinski definition) is 0. The van der Waals surface area contributed by atoms with Crippen LogP contribution in [0.25, 0.3) is 0 Å². The molecule has 1 saturated heterocycles. The summed E-state index contributed by atoms with van der Waals surface area (Å²) in [7, 11) is 0. The Morgan fingerprint density at radius 1 is 1.10 bits per heavy atom. The molecule has 1 heterocycles. The van der Waals surface area contributed by atoms with Crippen LogP contribution in [0, 0.1) is 0 Å². The smallest absolute Gasteiger partial charge is 0.303 e. The first kappa shape index (κ1) is 16.7. The topological polar surface area (TPSA) is 88.1 Å². The molecule has 0 bridgehead atoms. The number of hydrogen-bond acceptors (Lipinski definition) is 7. The van der Waals surface area contributed by atoms with Crippen LogP contribution in [0.2, 0.25) is 0 Å². The maximum absolute atomic E-state index is 11.1. The highest BCUT2D eigenvalue weighted by atomic mass is 35.5. The molecule has 1 rings (SSSR count). The number of ether oxygens (including phenoxy) is 4. The summed E-state index contributed by atoms with van der Waals surface area (Å²) in [5.74, 6) is -1.59. The van der Waals surface area contributed by atoms with Gasteiger partial charge in [-0.25, -0.2) is 0 Å². The van der Waals surface area contributed by atoms with Crippen LogP contribution in [0.5, 0.6) is 0 Å². The van der Waals surface area contributed by atoms with Gasteiger partial charge in [0.25, 0.3) is 0 Å². The minimum absolute atomic E-state index is 0.145. The van der Waals surface area contributed by atoms with Crippen LogP contribution in [0.4, 0.5) is 0 Å². The third kappa shape index (κ3) is 5.34. The Morgan fingerprint density at radius 2 is 1.70 bits per heavy atom. The molecule has 0 saturated carbocycles. The van der Waals surface area contributed by atoms with E-state index in [4.69, 9.17) is 30.5 Å². The predicted octanol–water partition coefficient (Wildman–Crippen LogP) is 0.767. The Balaban J connectivity index is 2.82. The molecule has 1 fully saturated rings. The van der Waals surface area contributed by atoms with Crippen LogP contribution in [0.15, 0.2) is 0 Å². The Morgan fingerprint density at radius 3 is 2.20 bits per heavy atom. The molecule has 0 aliphatic carbocycles. The first-order valence-electron chi connectivity index (χ1n) is 6.07. The lowest BCUT2D eigenvalue weighted by atomic mass is 10.0. The molecule has 0 unspecified atom stereocenters. The van der Waals surface area contributed by atoms with Gasteiger partial charge in [-0.3, -0.25) is 14.4 Å². The van der Waals surface area contributed by atoms with Crippen molar-refractivity contribution in [2.75, 3.05) is 6.61 Å². The first-order chi connectivity index (χ1) is 9.29. The average molecular weight is 309 g/mol. The van der Waals surface area contributed by atoms with Crippen LogP contribution in [-0.2, 0) is 33.3 Å². The van der Waals surface area contributed by atoms with E-state index in [-0.39, 0.29) is 13.0 Å². The molecule has 0 aromatic rings. The molecule has 0 spiro atoms. The van der Waals surface area contributed by atoms with Crippen molar-refractivity contribution in [1.82, 2.24) is 0 Å². The quantitative estimate of drug-likeness (QED) is 0.430. The summed E-state index contributed by atoms with van der Waals surface area (Å²) in [4.78, 5) is 33.1. The van der Waals surface area contributed by atoms with Crippen LogP contribution < -0.4 is 0 Å². The van der Waals surface area contributed by atoms with Crippen LogP contribution in [0.3, 0.4) is 0 Å². The lowest BCUT2D eigenvalue weighted by Gasteiger charge is -2.38. The fourth-order valence-electron chi connectivity index (χ4n) is 1.88. The third-order valence-corrected chi connectivity index (χ3v) is 2.82. The first-order valence-corrected chi connectivity index (χ1v) is 6.50. The van der Waals surface area contributed by atoms with Crippen LogP contribution in [-0.4, -0.2) is 48.4 Å². The van der Waals surface area contributed by atoms with Gasteiger partial charge in [0.05, 0.1) is 0 Å². The Hall–Kier alpha value is -1.34. The van der Waals surface area contributed by atoms with Gasteiger partial charge >= 0.3 is 17.9 Å². The van der Waals surface area contributed by atoms with Crippen molar-refractivity contribution in [3.63, 3.8) is 0 Å². The molecule has 114 valence electrons. The van der Waals surface area contributed by atoms with E-state index in [0.29, 0.717) is 0 Å². The molecule has 4 atom stereocenters. The van der Waals surface area contributed by atoms with Crippen LogP contribution >= 0.6 is 11.6 Å². The summed E-state index contributed by atoms with van der Waals surface area (Å²) in [5, 5.41) is 0. The van der Waals surface area contributed by atoms with E-state index in [1.807, 2.05) is 0 Å². The van der Waals surface area contributed by atoms with Gasteiger partial charge in [0.1, 0.15) is 24.4 Å². The van der Waals surface area contributed by atoms with E-state index in [0.717, 1.165) is 0 Å². The van der Waals surface area contributed by atoms with E-state index in [2.05, 4.69) is 0 Å². The average Bonchev–Trinajstić information content (AvgIpc) is 2.28. The van der Waals surface area contributed by atoms with E-state index < -0.39 is 41.8 Å². The van der Waals surface area contributed by atoms with Crippen molar-refractivity contribution in [3.05, 3.63) is 0 Å². The van der Waals surface area contributed by atoms with E-state index in [9.17, 15) is 14.4 Å². The molecule has 0 amide bonds. The van der Waals surface area contributed by atoms with Gasteiger partial charge in [-0.2, -0.15) is 0 Å². The third-order valence-electron chi connectivity index (χ3n) is 2.54. The summed E-state index contributed by atoms with van der Waals surface area (Å²) in [6, 6.07) is 0. The molecule has 0 radical (unpaired) electrons. The fourth-order valence-corrected chi connectivity index (χ4v) is 2.19. The number of esters is 3. The molecular weight excluding hydrogens is 292 g/mol. The van der Waals surface area contributed by atoms with Gasteiger partial charge in [0, 0.05) is 27.2 Å². The zero-order valence-electron chi connectivity index (χ0n) is 11.5. The molecule has 0 aromatic heterocycles. The second kappa shape index (κ2) is 7.44. The van der Waals surface area contributed by atoms with Crippen molar-refractivity contribution in [1.29, 1.82) is 0 Å². The molecule has 1 aliphatic heterocycles. The Bertz CT molecular complexity index is 384. The van der Waals surface area contributed by atoms with E-state index in [1.165, 1.54) is 20.8 Å². The van der Waals surface area contributed by atoms with E-state index in [1.54, 1.807) is 0 Å². The minimum Gasteiger partial charge on any atom is -0.463 e. The largest absolute Gasteiger partial charge is 0.463 e. The summed E-state index contributed by atoms with van der Waals surface area (Å²) < 4.78 is 20.4. The molecule has 7 nitrogen and oxygen atoms in total. The number of carbonyl (C=O) groups excluding carboxylic acids is 3. The fraction of sp³-hybridized carbons (Fsp3) is 0.750. The lowest BCUT2D eigenvalue weighted by Crippen LogP contribution is -2.52. The summed E-state index contributed by atoms with van der Waals surface area (Å²) >= 11 is 5.91. The van der Waals surface area contributed by atoms with Crippen molar-refractivity contribution in [2.45, 2.75) is 51.1 Å². The van der Waals surface area contributed by atoms with Gasteiger partial charge in [0.2, 0.25) is 0 Å². The second-order valence-corrected chi connectivity index (χ2v) is 4.83. The van der Waals surface area contributed by atoms with E-state index >= 15 is 0 Å². The lowest BCUT2D eigenvalue weighted by molar-refractivity contribution is -0.205. The van der Waals surface area contributed by atoms with Gasteiger partial charge in [-0.1, -0.05) is 11.6 Å². The standard InChI is InChI=1S/C12H17ClO7/c1-6(14)17-5-10-12(19-8(3)16)9(18-7(2)15)4-11(13)20-10/h9-12H,4-5H2,1-3H3/t9-,10-,11+,12+/m1/s1. The zero-order valence-corrected chi connectivity index (χ0v) is 12.2. The van der Waals surface area contributed by atoms with Gasteiger partial charge in [-0.15, -0.1) is 0 Å².